The number of benzene rings is 1. The van der Waals surface area contributed by atoms with E-state index in [0.29, 0.717) is 37.1 Å². The highest BCUT2D eigenvalue weighted by atomic mass is 32.1. The van der Waals surface area contributed by atoms with E-state index in [9.17, 15) is 14.4 Å². The molecule has 1 aromatic carbocycles. The molecule has 1 saturated carbocycles. The molecule has 9 heteroatoms. The fourth-order valence-corrected chi connectivity index (χ4v) is 5.19. The van der Waals surface area contributed by atoms with Crippen molar-refractivity contribution in [3.05, 3.63) is 47.5 Å². The van der Waals surface area contributed by atoms with Crippen molar-refractivity contribution in [2.75, 3.05) is 25.0 Å². The minimum atomic E-state index is -0.543. The minimum Gasteiger partial charge on any atom is -0.334 e. The second kappa shape index (κ2) is 11.3. The van der Waals surface area contributed by atoms with Gasteiger partial charge in [0.2, 0.25) is 11.8 Å². The van der Waals surface area contributed by atoms with Crippen LogP contribution < -0.4 is 10.6 Å². The molecule has 2 heterocycles. The van der Waals surface area contributed by atoms with Gasteiger partial charge in [0.15, 0.2) is 5.13 Å². The number of carbonyl (C=O) groups is 3. The van der Waals surface area contributed by atoms with Gasteiger partial charge < -0.3 is 20.4 Å². The SMILES string of the molecule is O=C(Nc1nccs1)C(CC1CCCCC1)N1CCN(C(=O)NCc2ccccc2)CC1=O. The van der Waals surface area contributed by atoms with Crippen LogP contribution in [0.1, 0.15) is 44.1 Å². The maximum atomic E-state index is 13.2. The zero-order valence-electron chi connectivity index (χ0n) is 18.7. The molecule has 4 amide bonds. The summed E-state index contributed by atoms with van der Waals surface area (Å²) in [6.45, 7) is 1.14. The number of piperazine rings is 1. The molecule has 33 heavy (non-hydrogen) atoms. The molecule has 1 aliphatic carbocycles. The molecule has 4 rings (SSSR count). The first-order chi connectivity index (χ1) is 16.1. The Bertz CT molecular complexity index is 931. The van der Waals surface area contributed by atoms with Crippen LogP contribution >= 0.6 is 11.3 Å². The number of amides is 4. The van der Waals surface area contributed by atoms with Gasteiger partial charge >= 0.3 is 6.03 Å². The molecule has 2 fully saturated rings. The molecule has 2 aromatic rings. The summed E-state index contributed by atoms with van der Waals surface area (Å²) in [5, 5.41) is 8.12. The van der Waals surface area contributed by atoms with Crippen LogP contribution in [0.4, 0.5) is 9.93 Å². The lowest BCUT2D eigenvalue weighted by atomic mass is 9.84. The lowest BCUT2D eigenvalue weighted by Gasteiger charge is -2.39. The number of anilines is 1. The zero-order valence-corrected chi connectivity index (χ0v) is 19.6. The number of urea groups is 1. The number of nitrogens with one attached hydrogen (secondary N) is 2. The van der Waals surface area contributed by atoms with Crippen LogP contribution in [0.5, 0.6) is 0 Å². The number of hydrogen-bond donors (Lipinski definition) is 2. The van der Waals surface area contributed by atoms with Gasteiger partial charge in [-0.05, 0) is 17.9 Å². The van der Waals surface area contributed by atoms with Crippen molar-refractivity contribution < 1.29 is 14.4 Å². The zero-order chi connectivity index (χ0) is 23.0. The van der Waals surface area contributed by atoms with Crippen molar-refractivity contribution in [3.63, 3.8) is 0 Å². The average molecular weight is 470 g/mol. The molecule has 1 saturated heterocycles. The standard InChI is InChI=1S/C24H31N5O3S/c30-21-17-28(24(32)26-16-19-9-5-2-6-10-19)12-13-29(21)20(15-18-7-3-1-4-8-18)22(31)27-23-25-11-14-33-23/h2,5-6,9-11,14,18,20H,1,3-4,7-8,12-13,15-17H2,(H,26,32)(H,25,27,31). The number of rotatable bonds is 7. The van der Waals surface area contributed by atoms with Gasteiger partial charge in [-0.1, -0.05) is 62.4 Å². The molecule has 1 aromatic heterocycles. The molecule has 2 aliphatic rings. The van der Waals surface area contributed by atoms with Crippen LogP contribution in [0.15, 0.2) is 41.9 Å². The summed E-state index contributed by atoms with van der Waals surface area (Å²) in [4.78, 5) is 46.2. The third kappa shape index (κ3) is 6.31. The number of carbonyl (C=O) groups excluding carboxylic acids is 3. The van der Waals surface area contributed by atoms with Crippen molar-refractivity contribution in [3.8, 4) is 0 Å². The third-order valence-corrected chi connectivity index (χ3v) is 7.14. The highest BCUT2D eigenvalue weighted by Crippen LogP contribution is 2.29. The molecule has 0 spiro atoms. The van der Waals surface area contributed by atoms with Crippen LogP contribution in [0.3, 0.4) is 0 Å². The molecule has 0 radical (unpaired) electrons. The highest BCUT2D eigenvalue weighted by Gasteiger charge is 2.37. The summed E-state index contributed by atoms with van der Waals surface area (Å²) < 4.78 is 0. The fraction of sp³-hybridized carbons (Fsp3) is 0.500. The summed E-state index contributed by atoms with van der Waals surface area (Å²) in [5.41, 5.74) is 1.00. The Morgan fingerprint density at radius 1 is 1.12 bits per heavy atom. The summed E-state index contributed by atoms with van der Waals surface area (Å²) in [5.74, 6) is 0.0582. The molecule has 1 unspecified atom stereocenters. The second-order valence-corrected chi connectivity index (χ2v) is 9.63. The third-order valence-electron chi connectivity index (χ3n) is 6.45. The largest absolute Gasteiger partial charge is 0.334 e. The number of nitrogens with zero attached hydrogens (tertiary/aromatic N) is 3. The van der Waals surface area contributed by atoms with E-state index in [1.54, 1.807) is 11.1 Å². The van der Waals surface area contributed by atoms with Crippen LogP contribution in [-0.2, 0) is 16.1 Å². The topological polar surface area (TPSA) is 94.6 Å². The van der Waals surface area contributed by atoms with Crippen LogP contribution in [0, 0.1) is 5.92 Å². The lowest BCUT2D eigenvalue weighted by molar-refractivity contribution is -0.142. The van der Waals surface area contributed by atoms with E-state index in [1.165, 1.54) is 35.5 Å². The molecular weight excluding hydrogens is 438 g/mol. The van der Waals surface area contributed by atoms with Crippen molar-refractivity contribution >= 4 is 34.3 Å². The van der Waals surface area contributed by atoms with Gasteiger partial charge in [-0.25, -0.2) is 9.78 Å². The molecule has 2 N–H and O–H groups in total. The molecule has 176 valence electrons. The Kier molecular flexibility index (Phi) is 7.93. The van der Waals surface area contributed by atoms with Crippen molar-refractivity contribution in [1.82, 2.24) is 20.1 Å². The number of thiazole rings is 1. The minimum absolute atomic E-state index is 0.0215. The van der Waals surface area contributed by atoms with E-state index in [0.717, 1.165) is 18.4 Å². The fourth-order valence-electron chi connectivity index (χ4n) is 4.66. The van der Waals surface area contributed by atoms with Gasteiger partial charge in [0.25, 0.3) is 0 Å². The molecule has 8 nitrogen and oxygen atoms in total. The van der Waals surface area contributed by atoms with E-state index < -0.39 is 6.04 Å². The van der Waals surface area contributed by atoms with Crippen molar-refractivity contribution in [2.24, 2.45) is 5.92 Å². The number of aromatic nitrogens is 1. The van der Waals surface area contributed by atoms with Gasteiger partial charge in [-0.3, -0.25) is 9.59 Å². The van der Waals surface area contributed by atoms with Gasteiger partial charge in [0.1, 0.15) is 12.6 Å². The smallest absolute Gasteiger partial charge is 0.318 e. The van der Waals surface area contributed by atoms with Crippen molar-refractivity contribution in [1.29, 1.82) is 0 Å². The summed E-state index contributed by atoms with van der Waals surface area (Å²) in [6.07, 6.45) is 8.08. The van der Waals surface area contributed by atoms with Crippen LogP contribution in [-0.4, -0.2) is 58.3 Å². The molecule has 0 bridgehead atoms. The average Bonchev–Trinajstić information content (AvgIpc) is 3.35. The lowest BCUT2D eigenvalue weighted by Crippen LogP contribution is -2.59. The van der Waals surface area contributed by atoms with Gasteiger partial charge in [0, 0.05) is 31.2 Å². The van der Waals surface area contributed by atoms with E-state index in [1.807, 2.05) is 35.7 Å². The van der Waals surface area contributed by atoms with Crippen LogP contribution in [0.2, 0.25) is 0 Å². The second-order valence-electron chi connectivity index (χ2n) is 8.74. The van der Waals surface area contributed by atoms with Gasteiger partial charge in [-0.2, -0.15) is 0 Å². The predicted molar refractivity (Wildman–Crippen MR) is 128 cm³/mol. The summed E-state index contributed by atoms with van der Waals surface area (Å²) in [7, 11) is 0. The van der Waals surface area contributed by atoms with E-state index >= 15 is 0 Å². The Morgan fingerprint density at radius 3 is 2.61 bits per heavy atom. The maximum Gasteiger partial charge on any atom is 0.318 e. The van der Waals surface area contributed by atoms with E-state index in [4.69, 9.17) is 0 Å². The first-order valence-corrected chi connectivity index (χ1v) is 12.5. The van der Waals surface area contributed by atoms with Gasteiger partial charge in [-0.15, -0.1) is 11.3 Å². The predicted octanol–water partition coefficient (Wildman–Crippen LogP) is 3.47. The summed E-state index contributed by atoms with van der Waals surface area (Å²) in [6, 6.07) is 8.86. The molecule has 1 atom stereocenters. The quantitative estimate of drug-likeness (QED) is 0.649. The monoisotopic (exact) mass is 469 g/mol. The Hall–Kier alpha value is -2.94. The Morgan fingerprint density at radius 2 is 1.91 bits per heavy atom. The van der Waals surface area contributed by atoms with E-state index in [-0.39, 0.29) is 24.4 Å². The van der Waals surface area contributed by atoms with E-state index in [2.05, 4.69) is 15.6 Å². The maximum absolute atomic E-state index is 13.2. The van der Waals surface area contributed by atoms with Crippen LogP contribution in [0.25, 0.3) is 0 Å². The molecule has 1 aliphatic heterocycles. The first kappa shape index (κ1) is 23.2. The van der Waals surface area contributed by atoms with Gasteiger partial charge in [0.05, 0.1) is 0 Å². The normalized spacial score (nSPS) is 18.1. The first-order valence-electron chi connectivity index (χ1n) is 11.7. The van der Waals surface area contributed by atoms with Crippen molar-refractivity contribution in [2.45, 2.75) is 51.1 Å². The Balaban J connectivity index is 1.37. The number of hydrogen-bond acceptors (Lipinski definition) is 5. The molecular formula is C24H31N5O3S. The summed E-state index contributed by atoms with van der Waals surface area (Å²) >= 11 is 1.36. The Labute approximate surface area is 198 Å². The highest BCUT2D eigenvalue weighted by molar-refractivity contribution is 7.13.